The molecule has 0 saturated heterocycles. The fraction of sp³-hybridized carbons (Fsp3) is 0.0192. The smallest absolute Gasteiger partial charge is 0.238 e. The number of nitrogens with zero attached hydrogens (tertiary/aromatic N) is 4. The Bertz CT molecular complexity index is 3570. The number of fused-ring (bicyclic) bond motifs is 12. The molecule has 13 rings (SSSR count). The van der Waals surface area contributed by atoms with E-state index >= 15 is 0 Å². The van der Waals surface area contributed by atoms with Crippen LogP contribution in [0, 0.1) is 0 Å². The van der Waals surface area contributed by atoms with E-state index in [2.05, 4.69) is 156 Å². The van der Waals surface area contributed by atoms with Crippen molar-refractivity contribution in [1.82, 2.24) is 19.5 Å². The van der Waals surface area contributed by atoms with E-state index in [0.29, 0.717) is 17.6 Å². The van der Waals surface area contributed by atoms with Gasteiger partial charge in [-0.05, 0) is 76.3 Å². The Labute approximate surface area is 331 Å². The van der Waals surface area contributed by atoms with Gasteiger partial charge in [-0.2, -0.15) is 9.97 Å². The molecule has 58 heavy (non-hydrogen) atoms. The predicted octanol–water partition coefficient (Wildman–Crippen LogP) is 12.8. The Morgan fingerprint density at radius 2 is 0.931 bits per heavy atom. The average Bonchev–Trinajstić information content (AvgIpc) is 4.03. The van der Waals surface area contributed by atoms with Gasteiger partial charge in [0.1, 0.15) is 27.7 Å². The largest absolute Gasteiger partial charge is 0.456 e. The molecule has 1 aliphatic carbocycles. The monoisotopic (exact) mass is 742 g/mol. The zero-order valence-electron chi connectivity index (χ0n) is 30.9. The van der Waals surface area contributed by atoms with Crippen molar-refractivity contribution >= 4 is 65.7 Å². The molecule has 0 saturated carbocycles. The first-order chi connectivity index (χ1) is 28.7. The molecule has 4 aromatic heterocycles. The Balaban J connectivity index is 1.18. The quantitative estimate of drug-likeness (QED) is 0.180. The summed E-state index contributed by atoms with van der Waals surface area (Å²) < 4.78 is 15.0. The summed E-state index contributed by atoms with van der Waals surface area (Å²) in [7, 11) is 0. The first-order valence-corrected chi connectivity index (χ1v) is 19.5. The van der Waals surface area contributed by atoms with E-state index in [1.54, 1.807) is 0 Å². The maximum atomic E-state index is 6.43. The van der Waals surface area contributed by atoms with Gasteiger partial charge in [-0.15, -0.1) is 0 Å². The molecule has 0 amide bonds. The number of benzene rings is 8. The highest BCUT2D eigenvalue weighted by Crippen LogP contribution is 2.56. The third-order valence-corrected chi connectivity index (χ3v) is 12.1. The maximum absolute atomic E-state index is 6.43. The van der Waals surface area contributed by atoms with E-state index in [9.17, 15) is 0 Å². The summed E-state index contributed by atoms with van der Waals surface area (Å²) in [5.41, 5.74) is 10.8. The van der Waals surface area contributed by atoms with Gasteiger partial charge >= 0.3 is 0 Å². The molecule has 270 valence electrons. The van der Waals surface area contributed by atoms with Crippen LogP contribution in [0.4, 0.5) is 0 Å². The van der Waals surface area contributed by atoms with Gasteiger partial charge in [-0.25, -0.2) is 4.98 Å². The zero-order valence-corrected chi connectivity index (χ0v) is 30.9. The first-order valence-electron chi connectivity index (χ1n) is 19.5. The number of rotatable bonds is 4. The minimum Gasteiger partial charge on any atom is -0.456 e. The van der Waals surface area contributed by atoms with Crippen molar-refractivity contribution in [1.29, 1.82) is 0 Å². The van der Waals surface area contributed by atoms with Crippen LogP contribution in [0.5, 0.6) is 0 Å². The lowest BCUT2D eigenvalue weighted by Crippen LogP contribution is -2.32. The van der Waals surface area contributed by atoms with Gasteiger partial charge in [0.2, 0.25) is 5.95 Å². The summed E-state index contributed by atoms with van der Waals surface area (Å²) in [6, 6.07) is 63.6. The molecule has 0 spiro atoms. The van der Waals surface area contributed by atoms with Crippen LogP contribution in [0.3, 0.4) is 0 Å². The third-order valence-electron chi connectivity index (χ3n) is 12.1. The molecule has 8 aromatic carbocycles. The normalized spacial score (nSPS) is 13.3. The van der Waals surface area contributed by atoms with E-state index in [1.165, 1.54) is 0 Å². The highest BCUT2D eigenvalue weighted by molar-refractivity contribution is 6.09. The summed E-state index contributed by atoms with van der Waals surface area (Å²) in [5.74, 6) is 1.72. The third kappa shape index (κ3) is 4.18. The van der Waals surface area contributed by atoms with E-state index in [4.69, 9.17) is 23.8 Å². The lowest BCUT2D eigenvalue weighted by atomic mass is 9.71. The number of para-hydroxylation sites is 4. The van der Waals surface area contributed by atoms with Gasteiger partial charge in [0.05, 0.1) is 11.0 Å². The second-order valence-corrected chi connectivity index (χ2v) is 15.1. The van der Waals surface area contributed by atoms with E-state index in [1.807, 2.05) is 30.3 Å². The van der Waals surface area contributed by atoms with Crippen molar-refractivity contribution in [2.75, 3.05) is 0 Å². The summed E-state index contributed by atoms with van der Waals surface area (Å²) in [6.07, 6.45) is 0. The zero-order chi connectivity index (χ0) is 38.0. The molecule has 1 aliphatic rings. The molecule has 0 bridgehead atoms. The van der Waals surface area contributed by atoms with Gasteiger partial charge in [-0.3, -0.25) is 4.57 Å². The van der Waals surface area contributed by atoms with Crippen molar-refractivity contribution in [3.63, 3.8) is 0 Å². The molecule has 0 aliphatic heterocycles. The van der Waals surface area contributed by atoms with Crippen LogP contribution in [-0.2, 0) is 5.41 Å². The summed E-state index contributed by atoms with van der Waals surface area (Å²) in [6.45, 7) is 0. The van der Waals surface area contributed by atoms with Crippen molar-refractivity contribution in [2.45, 2.75) is 5.41 Å². The van der Waals surface area contributed by atoms with Crippen LogP contribution < -0.4 is 0 Å². The minimum absolute atomic E-state index is 0.540. The average molecular weight is 743 g/mol. The molecule has 6 nitrogen and oxygen atoms in total. The van der Waals surface area contributed by atoms with Gasteiger partial charge in [-0.1, -0.05) is 133 Å². The summed E-state index contributed by atoms with van der Waals surface area (Å²) in [4.78, 5) is 16.6. The molecule has 12 aromatic rings. The van der Waals surface area contributed by atoms with Crippen LogP contribution in [0.15, 0.2) is 191 Å². The van der Waals surface area contributed by atoms with E-state index in [-0.39, 0.29) is 0 Å². The summed E-state index contributed by atoms with van der Waals surface area (Å²) in [5, 5.41) is 6.50. The number of hydrogen-bond acceptors (Lipinski definition) is 5. The Morgan fingerprint density at radius 1 is 0.397 bits per heavy atom. The summed E-state index contributed by atoms with van der Waals surface area (Å²) >= 11 is 0. The van der Waals surface area contributed by atoms with Crippen LogP contribution in [0.25, 0.3) is 94.1 Å². The molecule has 4 heterocycles. The van der Waals surface area contributed by atoms with Crippen LogP contribution in [0.2, 0.25) is 0 Å². The van der Waals surface area contributed by atoms with Gasteiger partial charge in [0.25, 0.3) is 0 Å². The molecule has 0 unspecified atom stereocenters. The Kier molecular flexibility index (Phi) is 6.28. The van der Waals surface area contributed by atoms with Crippen LogP contribution >= 0.6 is 0 Å². The molecule has 0 N–H and O–H groups in total. The first kappa shape index (κ1) is 31.4. The van der Waals surface area contributed by atoms with Crippen molar-refractivity contribution in [3.8, 4) is 28.5 Å². The van der Waals surface area contributed by atoms with Crippen molar-refractivity contribution in [2.24, 2.45) is 0 Å². The molecular weight excluding hydrogens is 713 g/mol. The number of hydrogen-bond donors (Lipinski definition) is 0. The molecule has 0 fully saturated rings. The molecule has 0 atom stereocenters. The van der Waals surface area contributed by atoms with Gasteiger partial charge < -0.3 is 8.83 Å². The Morgan fingerprint density at radius 3 is 1.62 bits per heavy atom. The van der Waals surface area contributed by atoms with Gasteiger partial charge in [0.15, 0.2) is 11.6 Å². The minimum atomic E-state index is -0.922. The fourth-order valence-corrected chi connectivity index (χ4v) is 9.64. The SMILES string of the molecule is c1ccc2c(c1)-c1ccccc1C2(c1ccc2oc3ccccc3c2c1)c1nc(-c2ccc3c(c2)oc2ccccc23)nc(-n2c3ccccc3c3ccccc32)n1. The standard InChI is InChI=1S/C52H30N4O2/c1-7-19-41-33(13-1)34-14-2-8-20-42(34)52(41,32-26-28-47-40(30-32)38-18-6-12-24-46(38)57-47)50-53-49(31-25-27-39-37-17-5-11-23-45(37)58-48(39)29-31)54-51(55-50)56-43-21-9-3-15-35(43)36-16-4-10-22-44(36)56/h1-30H. The number of aromatic nitrogens is 4. The van der Waals surface area contributed by atoms with Crippen molar-refractivity contribution in [3.05, 3.63) is 205 Å². The Hall–Kier alpha value is -7.83. The van der Waals surface area contributed by atoms with E-state index in [0.717, 1.165) is 99.1 Å². The van der Waals surface area contributed by atoms with E-state index < -0.39 is 5.41 Å². The molecule has 6 heteroatoms. The lowest BCUT2D eigenvalue weighted by Gasteiger charge is -2.32. The predicted molar refractivity (Wildman–Crippen MR) is 231 cm³/mol. The second-order valence-electron chi connectivity index (χ2n) is 15.1. The van der Waals surface area contributed by atoms with Gasteiger partial charge in [0, 0.05) is 37.9 Å². The lowest BCUT2D eigenvalue weighted by molar-refractivity contribution is 0.665. The van der Waals surface area contributed by atoms with Crippen LogP contribution in [0.1, 0.15) is 22.5 Å². The highest BCUT2D eigenvalue weighted by Gasteiger charge is 2.49. The second kappa shape index (κ2) is 11.6. The number of furan rings is 2. The molecule has 0 radical (unpaired) electrons. The fourth-order valence-electron chi connectivity index (χ4n) is 9.64. The maximum Gasteiger partial charge on any atom is 0.238 e. The van der Waals surface area contributed by atoms with Crippen LogP contribution in [-0.4, -0.2) is 19.5 Å². The van der Waals surface area contributed by atoms with Crippen molar-refractivity contribution < 1.29 is 8.83 Å². The molecular formula is C52H30N4O2. The topological polar surface area (TPSA) is 69.9 Å². The highest BCUT2D eigenvalue weighted by atomic mass is 16.3.